The molecule has 2 heterocycles. The van der Waals surface area contributed by atoms with Crippen molar-refractivity contribution in [3.63, 3.8) is 0 Å². The van der Waals surface area contributed by atoms with E-state index in [0.29, 0.717) is 10.5 Å². The lowest BCUT2D eigenvalue weighted by molar-refractivity contribution is 0.653. The highest BCUT2D eigenvalue weighted by molar-refractivity contribution is 8.06. The lowest BCUT2D eigenvalue weighted by Crippen LogP contribution is -2.21. The topological polar surface area (TPSA) is 51.8 Å². The maximum absolute atomic E-state index is 6.13. The minimum atomic E-state index is 0.415. The fraction of sp³-hybridized carbons (Fsp3) is 0.692. The lowest BCUT2D eigenvalue weighted by atomic mass is 9.96. The highest BCUT2D eigenvalue weighted by Crippen LogP contribution is 2.41. The van der Waals surface area contributed by atoms with Crippen molar-refractivity contribution in [2.75, 3.05) is 17.2 Å². The molecule has 1 aromatic heterocycles. The Hall–Kier alpha value is -0.420. The minimum Gasteiger partial charge on any atom is -0.383 e. The number of hydrogen-bond acceptors (Lipinski definition) is 5. The Kier molecular flexibility index (Phi) is 3.71. The molecule has 0 radical (unpaired) electrons. The van der Waals surface area contributed by atoms with Crippen LogP contribution in [0.1, 0.15) is 42.1 Å². The zero-order chi connectivity index (χ0) is 12.5. The Balaban J connectivity index is 1.94. The van der Waals surface area contributed by atoms with Gasteiger partial charge in [-0.3, -0.25) is 0 Å². The lowest BCUT2D eigenvalue weighted by Gasteiger charge is -2.28. The zero-order valence-electron chi connectivity index (χ0n) is 10.7. The summed E-state index contributed by atoms with van der Waals surface area (Å²) >= 11 is 4.00. The van der Waals surface area contributed by atoms with E-state index in [1.165, 1.54) is 35.6 Å². The summed E-state index contributed by atoms with van der Waals surface area (Å²) in [5, 5.41) is 1.00. The molecule has 0 saturated carbocycles. The molecule has 1 aliphatic heterocycles. The quantitative estimate of drug-likeness (QED) is 0.858. The number of aryl methyl sites for hydroxylation is 1. The predicted molar refractivity (Wildman–Crippen MR) is 80.2 cm³/mol. The molecule has 0 amide bonds. The Morgan fingerprint density at radius 3 is 2.72 bits per heavy atom. The highest BCUT2D eigenvalue weighted by atomic mass is 32.2. The number of rotatable bonds is 1. The van der Waals surface area contributed by atoms with Gasteiger partial charge in [-0.25, -0.2) is 9.97 Å². The third-order valence-corrected chi connectivity index (χ3v) is 6.76. The number of hydrogen-bond donors (Lipinski definition) is 1. The van der Waals surface area contributed by atoms with Crippen LogP contribution < -0.4 is 5.73 Å². The maximum atomic E-state index is 6.13. The van der Waals surface area contributed by atoms with Crippen LogP contribution in [0.2, 0.25) is 0 Å². The van der Waals surface area contributed by atoms with Crippen LogP contribution in [0.3, 0.4) is 0 Å². The summed E-state index contributed by atoms with van der Waals surface area (Å²) in [6.45, 7) is 2.28. The van der Waals surface area contributed by atoms with Crippen LogP contribution in [0.15, 0.2) is 0 Å². The molecule has 1 aliphatic carbocycles. The molecule has 2 atom stereocenters. The first-order valence-electron chi connectivity index (χ1n) is 6.64. The third kappa shape index (κ3) is 2.35. The van der Waals surface area contributed by atoms with E-state index >= 15 is 0 Å². The molecular formula is C13H19N3S2. The molecule has 1 fully saturated rings. The fourth-order valence-electron chi connectivity index (χ4n) is 2.69. The average Bonchev–Trinajstić information content (AvgIpc) is 2.39. The van der Waals surface area contributed by atoms with E-state index in [1.807, 2.05) is 23.5 Å². The van der Waals surface area contributed by atoms with E-state index < -0.39 is 0 Å². The Morgan fingerprint density at radius 2 is 1.89 bits per heavy atom. The summed E-state index contributed by atoms with van der Waals surface area (Å²) in [5.41, 5.74) is 8.56. The van der Waals surface area contributed by atoms with Crippen LogP contribution in [0.5, 0.6) is 0 Å². The molecule has 98 valence electrons. The van der Waals surface area contributed by atoms with E-state index in [9.17, 15) is 0 Å². The molecule has 18 heavy (non-hydrogen) atoms. The largest absolute Gasteiger partial charge is 0.383 e. The van der Waals surface area contributed by atoms with Crippen molar-refractivity contribution in [2.24, 2.45) is 0 Å². The van der Waals surface area contributed by atoms with Crippen molar-refractivity contribution in [3.05, 3.63) is 17.1 Å². The molecule has 0 spiro atoms. The van der Waals surface area contributed by atoms with Crippen LogP contribution in [0.4, 0.5) is 5.82 Å². The molecule has 1 saturated heterocycles. The predicted octanol–water partition coefficient (Wildman–Crippen LogP) is 2.85. The van der Waals surface area contributed by atoms with Gasteiger partial charge in [0.25, 0.3) is 0 Å². The molecule has 3 rings (SSSR count). The van der Waals surface area contributed by atoms with E-state index in [-0.39, 0.29) is 0 Å². The van der Waals surface area contributed by atoms with Crippen LogP contribution in [0.25, 0.3) is 0 Å². The van der Waals surface area contributed by atoms with Gasteiger partial charge >= 0.3 is 0 Å². The SMILES string of the molecule is CC1SCCSC1c1nc(N)c2c(n1)CCCC2. The van der Waals surface area contributed by atoms with Crippen LogP contribution in [0, 0.1) is 0 Å². The van der Waals surface area contributed by atoms with E-state index in [1.54, 1.807) is 0 Å². The molecule has 3 nitrogen and oxygen atoms in total. The maximum Gasteiger partial charge on any atom is 0.145 e. The number of thioether (sulfide) groups is 2. The zero-order valence-corrected chi connectivity index (χ0v) is 12.3. The molecular weight excluding hydrogens is 262 g/mol. The fourth-order valence-corrected chi connectivity index (χ4v) is 5.38. The molecule has 2 N–H and O–H groups in total. The van der Waals surface area contributed by atoms with Gasteiger partial charge in [0.2, 0.25) is 0 Å². The summed E-state index contributed by atoms with van der Waals surface area (Å²) in [7, 11) is 0. The first kappa shape index (κ1) is 12.6. The normalized spacial score (nSPS) is 27.8. The van der Waals surface area contributed by atoms with Gasteiger partial charge in [0.15, 0.2) is 0 Å². The number of nitrogens with two attached hydrogens (primary N) is 1. The van der Waals surface area contributed by atoms with Gasteiger partial charge in [-0.15, -0.1) is 11.8 Å². The first-order chi connectivity index (χ1) is 8.75. The van der Waals surface area contributed by atoms with Crippen LogP contribution >= 0.6 is 23.5 Å². The van der Waals surface area contributed by atoms with Gasteiger partial charge < -0.3 is 5.73 Å². The number of nitrogen functional groups attached to an aromatic ring is 1. The van der Waals surface area contributed by atoms with E-state index in [2.05, 4.69) is 11.9 Å². The van der Waals surface area contributed by atoms with E-state index in [0.717, 1.165) is 24.5 Å². The first-order valence-corrected chi connectivity index (χ1v) is 8.74. The van der Waals surface area contributed by atoms with Crippen molar-refractivity contribution >= 4 is 29.3 Å². The monoisotopic (exact) mass is 281 g/mol. The summed E-state index contributed by atoms with van der Waals surface area (Å²) < 4.78 is 0. The number of anilines is 1. The molecule has 1 aromatic rings. The third-order valence-electron chi connectivity index (χ3n) is 3.67. The number of aromatic nitrogens is 2. The average molecular weight is 281 g/mol. The molecule has 2 aliphatic rings. The molecule has 0 aromatic carbocycles. The van der Waals surface area contributed by atoms with Gasteiger partial charge in [-0.1, -0.05) is 6.92 Å². The van der Waals surface area contributed by atoms with Gasteiger partial charge in [0.1, 0.15) is 11.6 Å². The van der Waals surface area contributed by atoms with Crippen molar-refractivity contribution < 1.29 is 0 Å². The van der Waals surface area contributed by atoms with E-state index in [4.69, 9.17) is 10.7 Å². The standard InChI is InChI=1S/C13H19N3S2/c1-8-11(18-7-6-17-8)13-15-10-5-3-2-4-9(10)12(14)16-13/h8,11H,2-7H2,1H3,(H2,14,15,16). The van der Waals surface area contributed by atoms with Crippen LogP contribution in [-0.4, -0.2) is 26.7 Å². The Morgan fingerprint density at radius 1 is 1.11 bits per heavy atom. The van der Waals surface area contributed by atoms with Crippen molar-refractivity contribution in [1.29, 1.82) is 0 Å². The second-order valence-corrected chi connectivity index (χ2v) is 7.70. The molecule has 2 unspecified atom stereocenters. The van der Waals surface area contributed by atoms with Gasteiger partial charge in [0, 0.05) is 28.0 Å². The second-order valence-electron chi connectivity index (χ2n) is 4.97. The minimum absolute atomic E-state index is 0.415. The Bertz CT molecular complexity index is 450. The van der Waals surface area contributed by atoms with Crippen LogP contribution in [-0.2, 0) is 12.8 Å². The van der Waals surface area contributed by atoms with Crippen molar-refractivity contribution in [1.82, 2.24) is 9.97 Å². The summed E-state index contributed by atoms with van der Waals surface area (Å²) in [6.07, 6.45) is 4.60. The number of nitrogens with zero attached hydrogens (tertiary/aromatic N) is 2. The molecule has 0 bridgehead atoms. The summed E-state index contributed by atoms with van der Waals surface area (Å²) in [4.78, 5) is 9.42. The summed E-state index contributed by atoms with van der Waals surface area (Å²) in [5.74, 6) is 4.14. The van der Waals surface area contributed by atoms with Gasteiger partial charge in [0.05, 0.1) is 5.25 Å². The van der Waals surface area contributed by atoms with Crippen molar-refractivity contribution in [3.8, 4) is 0 Å². The Labute approximate surface area is 117 Å². The van der Waals surface area contributed by atoms with Gasteiger partial charge in [-0.05, 0) is 25.7 Å². The smallest absolute Gasteiger partial charge is 0.145 e. The van der Waals surface area contributed by atoms with Gasteiger partial charge in [-0.2, -0.15) is 11.8 Å². The summed E-state index contributed by atoms with van der Waals surface area (Å²) in [6, 6.07) is 0. The van der Waals surface area contributed by atoms with Crippen molar-refractivity contribution in [2.45, 2.75) is 43.1 Å². The highest BCUT2D eigenvalue weighted by Gasteiger charge is 2.28. The molecule has 5 heteroatoms. The second kappa shape index (κ2) is 5.29. The number of fused-ring (bicyclic) bond motifs is 1.